The molecule has 0 bridgehead atoms. The van der Waals surface area contributed by atoms with Crippen molar-refractivity contribution in [3.63, 3.8) is 0 Å². The first kappa shape index (κ1) is 14.0. The van der Waals surface area contributed by atoms with Gasteiger partial charge in [0, 0.05) is 6.54 Å². The van der Waals surface area contributed by atoms with Crippen molar-refractivity contribution < 1.29 is 14.7 Å². The number of hydrogen-bond donors (Lipinski definition) is 3. The van der Waals surface area contributed by atoms with Crippen molar-refractivity contribution in [2.75, 3.05) is 6.54 Å². The summed E-state index contributed by atoms with van der Waals surface area (Å²) in [5, 5.41) is 13.6. The van der Waals surface area contributed by atoms with Crippen LogP contribution in [0.4, 0.5) is 4.79 Å². The molecule has 0 heterocycles. The summed E-state index contributed by atoms with van der Waals surface area (Å²) in [6, 6.07) is 8.66. The highest BCUT2D eigenvalue weighted by molar-refractivity contribution is 5.82. The van der Waals surface area contributed by atoms with Gasteiger partial charge in [-0.3, -0.25) is 4.79 Å². The third-order valence-corrected chi connectivity index (χ3v) is 2.49. The number of aliphatic carboxylic acids is 1. The quantitative estimate of drug-likeness (QED) is 0.668. The number of rotatable bonds is 6. The van der Waals surface area contributed by atoms with E-state index < -0.39 is 18.0 Å². The van der Waals surface area contributed by atoms with Crippen molar-refractivity contribution in [2.45, 2.75) is 25.8 Å². The Kier molecular flexibility index (Phi) is 5.70. The lowest BCUT2D eigenvalue weighted by atomic mass is 10.1. The fourth-order valence-electron chi connectivity index (χ4n) is 1.45. The molecular weight excluding hydrogens is 232 g/mol. The second-order valence-corrected chi connectivity index (χ2v) is 4.05. The van der Waals surface area contributed by atoms with Gasteiger partial charge in [-0.05, 0) is 25.3 Å². The Bertz CT molecular complexity index is 392. The van der Waals surface area contributed by atoms with Gasteiger partial charge in [-0.2, -0.15) is 0 Å². The van der Waals surface area contributed by atoms with E-state index in [0.717, 1.165) is 12.8 Å². The summed E-state index contributed by atoms with van der Waals surface area (Å²) in [5.41, 5.74) is 1.22. The Morgan fingerprint density at radius 2 is 1.94 bits per heavy atom. The normalized spacial score (nSPS) is 11.6. The predicted octanol–water partition coefficient (Wildman–Crippen LogP) is 1.39. The van der Waals surface area contributed by atoms with Crippen molar-refractivity contribution >= 4 is 12.0 Å². The molecule has 98 valence electrons. The van der Waals surface area contributed by atoms with E-state index in [1.54, 1.807) is 0 Å². The van der Waals surface area contributed by atoms with E-state index in [2.05, 4.69) is 10.6 Å². The van der Waals surface area contributed by atoms with Crippen molar-refractivity contribution in [3.8, 4) is 0 Å². The van der Waals surface area contributed by atoms with Crippen LogP contribution in [-0.4, -0.2) is 29.7 Å². The topological polar surface area (TPSA) is 78.4 Å². The zero-order chi connectivity index (χ0) is 13.4. The molecule has 0 fully saturated rings. The summed E-state index contributed by atoms with van der Waals surface area (Å²) >= 11 is 0. The Hall–Kier alpha value is -2.04. The van der Waals surface area contributed by atoms with E-state index in [1.807, 2.05) is 30.3 Å². The molecule has 0 aliphatic heterocycles. The lowest BCUT2D eigenvalue weighted by Crippen LogP contribution is -2.44. The van der Waals surface area contributed by atoms with Gasteiger partial charge in [0.05, 0.1) is 0 Å². The van der Waals surface area contributed by atoms with Crippen LogP contribution >= 0.6 is 0 Å². The number of benzene rings is 1. The molecule has 0 spiro atoms. The summed E-state index contributed by atoms with van der Waals surface area (Å²) in [6.45, 7) is 1.94. The lowest BCUT2D eigenvalue weighted by Gasteiger charge is -2.10. The fraction of sp³-hybridized carbons (Fsp3) is 0.385. The summed E-state index contributed by atoms with van der Waals surface area (Å²) in [7, 11) is 0. The minimum atomic E-state index is -1.05. The summed E-state index contributed by atoms with van der Waals surface area (Å²) in [4.78, 5) is 21.8. The number of carbonyl (C=O) groups is 2. The molecule has 2 amide bonds. The third-order valence-electron chi connectivity index (χ3n) is 2.49. The highest BCUT2D eigenvalue weighted by Gasteiger charge is 2.12. The second kappa shape index (κ2) is 7.32. The van der Waals surface area contributed by atoms with E-state index >= 15 is 0 Å². The van der Waals surface area contributed by atoms with E-state index in [1.165, 1.54) is 12.5 Å². The van der Waals surface area contributed by atoms with Crippen molar-refractivity contribution in [2.24, 2.45) is 0 Å². The SMILES string of the molecule is C[C@H](NC(=O)NCCCc1ccccc1)C(=O)O. The first-order chi connectivity index (χ1) is 8.59. The maximum absolute atomic E-state index is 11.3. The zero-order valence-corrected chi connectivity index (χ0v) is 10.3. The van der Waals surface area contributed by atoms with Gasteiger partial charge in [0.1, 0.15) is 6.04 Å². The molecule has 0 aromatic heterocycles. The molecule has 1 aromatic rings. The van der Waals surface area contributed by atoms with Crippen LogP contribution in [0.2, 0.25) is 0 Å². The van der Waals surface area contributed by atoms with Gasteiger partial charge in [0.2, 0.25) is 0 Å². The maximum atomic E-state index is 11.3. The number of carboxylic acid groups (broad SMARTS) is 1. The standard InChI is InChI=1S/C13H18N2O3/c1-10(12(16)17)15-13(18)14-9-5-8-11-6-3-2-4-7-11/h2-4,6-7,10H,5,8-9H2,1H3,(H,16,17)(H2,14,15,18)/t10-/m0/s1. The average molecular weight is 250 g/mol. The van der Waals surface area contributed by atoms with Crippen LogP contribution in [-0.2, 0) is 11.2 Å². The molecule has 0 aliphatic rings. The third kappa shape index (κ3) is 5.34. The maximum Gasteiger partial charge on any atom is 0.325 e. The van der Waals surface area contributed by atoms with Gasteiger partial charge in [-0.1, -0.05) is 30.3 Å². The van der Waals surface area contributed by atoms with Crippen LogP contribution in [0.5, 0.6) is 0 Å². The zero-order valence-electron chi connectivity index (χ0n) is 10.3. The van der Waals surface area contributed by atoms with E-state index in [4.69, 9.17) is 5.11 Å². The second-order valence-electron chi connectivity index (χ2n) is 4.05. The van der Waals surface area contributed by atoms with Crippen LogP contribution in [0.1, 0.15) is 18.9 Å². The smallest absolute Gasteiger partial charge is 0.325 e. The van der Waals surface area contributed by atoms with Gasteiger partial charge in [0.15, 0.2) is 0 Å². The summed E-state index contributed by atoms with van der Waals surface area (Å²) < 4.78 is 0. The highest BCUT2D eigenvalue weighted by atomic mass is 16.4. The molecule has 3 N–H and O–H groups in total. The molecule has 5 nitrogen and oxygen atoms in total. The van der Waals surface area contributed by atoms with E-state index in [-0.39, 0.29) is 0 Å². The minimum Gasteiger partial charge on any atom is -0.480 e. The van der Waals surface area contributed by atoms with Gasteiger partial charge < -0.3 is 15.7 Å². The molecule has 18 heavy (non-hydrogen) atoms. The number of carboxylic acids is 1. The molecule has 1 aromatic carbocycles. The Morgan fingerprint density at radius 1 is 1.28 bits per heavy atom. The molecule has 0 radical (unpaired) electrons. The predicted molar refractivity (Wildman–Crippen MR) is 68.4 cm³/mol. The Balaban J connectivity index is 2.14. The monoisotopic (exact) mass is 250 g/mol. The van der Waals surface area contributed by atoms with Crippen LogP contribution in [0.15, 0.2) is 30.3 Å². The number of aryl methyl sites for hydroxylation is 1. The lowest BCUT2D eigenvalue weighted by molar-refractivity contribution is -0.138. The number of nitrogens with one attached hydrogen (secondary N) is 2. The minimum absolute atomic E-state index is 0.446. The van der Waals surface area contributed by atoms with Gasteiger partial charge in [-0.25, -0.2) is 4.79 Å². The Morgan fingerprint density at radius 3 is 2.56 bits per heavy atom. The van der Waals surface area contributed by atoms with Gasteiger partial charge in [0.25, 0.3) is 0 Å². The molecule has 0 saturated heterocycles. The molecule has 1 rings (SSSR count). The molecule has 0 aliphatic carbocycles. The molecule has 5 heteroatoms. The number of carbonyl (C=O) groups excluding carboxylic acids is 1. The van der Waals surface area contributed by atoms with Crippen LogP contribution in [0.3, 0.4) is 0 Å². The largest absolute Gasteiger partial charge is 0.480 e. The number of amides is 2. The van der Waals surface area contributed by atoms with Crippen molar-refractivity contribution in [1.29, 1.82) is 0 Å². The number of urea groups is 1. The molecule has 1 atom stereocenters. The van der Waals surface area contributed by atoms with Gasteiger partial charge >= 0.3 is 12.0 Å². The van der Waals surface area contributed by atoms with Crippen molar-refractivity contribution in [3.05, 3.63) is 35.9 Å². The summed E-state index contributed by atoms with van der Waals surface area (Å²) in [6.07, 6.45) is 1.70. The van der Waals surface area contributed by atoms with Crippen LogP contribution < -0.4 is 10.6 Å². The number of hydrogen-bond acceptors (Lipinski definition) is 2. The van der Waals surface area contributed by atoms with E-state index in [0.29, 0.717) is 6.54 Å². The fourth-order valence-corrected chi connectivity index (χ4v) is 1.45. The molecular formula is C13H18N2O3. The summed E-state index contributed by atoms with van der Waals surface area (Å²) in [5.74, 6) is -1.05. The molecule has 0 saturated carbocycles. The Labute approximate surface area is 106 Å². The van der Waals surface area contributed by atoms with Crippen LogP contribution in [0, 0.1) is 0 Å². The van der Waals surface area contributed by atoms with Gasteiger partial charge in [-0.15, -0.1) is 0 Å². The average Bonchev–Trinajstić information content (AvgIpc) is 2.35. The highest BCUT2D eigenvalue weighted by Crippen LogP contribution is 2.01. The first-order valence-electron chi connectivity index (χ1n) is 5.90. The van der Waals surface area contributed by atoms with E-state index in [9.17, 15) is 9.59 Å². The first-order valence-corrected chi connectivity index (χ1v) is 5.90. The van der Waals surface area contributed by atoms with Crippen LogP contribution in [0.25, 0.3) is 0 Å². The van der Waals surface area contributed by atoms with Crippen molar-refractivity contribution in [1.82, 2.24) is 10.6 Å². The molecule has 0 unspecified atom stereocenters.